The smallest absolute Gasteiger partial charge is 0.367 e. The van der Waals surface area contributed by atoms with Crippen LogP contribution in [0.25, 0.3) is 0 Å². The molecule has 30 heavy (non-hydrogen) atoms. The van der Waals surface area contributed by atoms with Crippen LogP contribution in [0.4, 0.5) is 4.79 Å². The number of hydrogen-bond acceptors (Lipinski definition) is 12. The van der Waals surface area contributed by atoms with E-state index in [9.17, 15) is 30.0 Å². The van der Waals surface area contributed by atoms with Gasteiger partial charge in [0.1, 0.15) is 37.1 Å². The number of rotatable bonds is 5. The first-order valence-corrected chi connectivity index (χ1v) is 10.5. The molecule has 0 saturated carbocycles. The first kappa shape index (κ1) is 21.6. The Hall–Kier alpha value is -1.67. The Morgan fingerprint density at radius 3 is 2.63 bits per heavy atom. The average Bonchev–Trinajstić information content (AvgIpc) is 3.26. The minimum absolute atomic E-state index is 0.0694. The molecule has 11 nitrogen and oxygen atoms in total. The molecule has 166 valence electrons. The van der Waals surface area contributed by atoms with E-state index in [1.807, 2.05) is 0 Å². The number of carbonyl (C=O) groups excluding carboxylic acids is 2. The van der Waals surface area contributed by atoms with Crippen molar-refractivity contribution in [2.24, 2.45) is 11.8 Å². The quantitative estimate of drug-likeness (QED) is 0.290. The van der Waals surface area contributed by atoms with Crippen molar-refractivity contribution in [3.8, 4) is 0 Å². The molecule has 1 aliphatic carbocycles. The molecular formula is C18H22O11S. The zero-order valence-electron chi connectivity index (χ0n) is 15.8. The summed E-state index contributed by atoms with van der Waals surface area (Å²) in [5.41, 5.74) is 0.932. The predicted octanol–water partition coefficient (Wildman–Crippen LogP) is -1.36. The highest BCUT2D eigenvalue weighted by atomic mass is 32.2. The van der Waals surface area contributed by atoms with E-state index in [-0.39, 0.29) is 6.61 Å². The van der Waals surface area contributed by atoms with Crippen LogP contribution in [0.3, 0.4) is 0 Å². The van der Waals surface area contributed by atoms with Crippen molar-refractivity contribution in [1.29, 1.82) is 0 Å². The minimum Gasteiger partial charge on any atom is -0.471 e. The number of hydrogen-bond donors (Lipinski definition) is 4. The van der Waals surface area contributed by atoms with Gasteiger partial charge >= 0.3 is 11.3 Å². The molecule has 0 bridgehead atoms. The van der Waals surface area contributed by atoms with Crippen molar-refractivity contribution in [3.05, 3.63) is 23.5 Å². The maximum atomic E-state index is 12.0. The fraction of sp³-hybridized carbons (Fsp3) is 0.667. The molecule has 0 aromatic heterocycles. The molecular weight excluding hydrogens is 424 g/mol. The molecule has 0 amide bonds. The number of aliphatic hydroxyl groups excluding tert-OH is 4. The van der Waals surface area contributed by atoms with Gasteiger partial charge in [-0.3, -0.25) is 0 Å². The van der Waals surface area contributed by atoms with Gasteiger partial charge in [-0.25, -0.2) is 9.59 Å². The summed E-state index contributed by atoms with van der Waals surface area (Å²) < 4.78 is 27.2. The van der Waals surface area contributed by atoms with Gasteiger partial charge in [0.15, 0.2) is 6.29 Å². The second kappa shape index (κ2) is 8.46. The largest absolute Gasteiger partial charge is 0.471 e. The van der Waals surface area contributed by atoms with Crippen molar-refractivity contribution in [2.45, 2.75) is 43.1 Å². The second-order valence-electron chi connectivity index (χ2n) is 7.32. The third-order valence-electron chi connectivity index (χ3n) is 5.65. The zero-order chi connectivity index (χ0) is 21.6. The van der Waals surface area contributed by atoms with E-state index in [1.165, 1.54) is 6.26 Å². The van der Waals surface area contributed by atoms with Gasteiger partial charge in [-0.1, -0.05) is 0 Å². The van der Waals surface area contributed by atoms with Gasteiger partial charge in [0.05, 0.1) is 24.4 Å². The fourth-order valence-corrected chi connectivity index (χ4v) is 4.31. The summed E-state index contributed by atoms with van der Waals surface area (Å²) in [6.07, 6.45) is -4.47. The van der Waals surface area contributed by atoms with Crippen molar-refractivity contribution in [3.63, 3.8) is 0 Å². The molecule has 0 aromatic carbocycles. The van der Waals surface area contributed by atoms with Crippen LogP contribution in [0.1, 0.15) is 0 Å². The van der Waals surface area contributed by atoms with Gasteiger partial charge in [-0.15, -0.1) is 0 Å². The fourth-order valence-electron chi connectivity index (χ4n) is 4.14. The lowest BCUT2D eigenvalue weighted by Crippen LogP contribution is -2.60. The van der Waals surface area contributed by atoms with Gasteiger partial charge in [-0.2, -0.15) is 0 Å². The molecule has 12 heteroatoms. The Balaban J connectivity index is 1.54. The highest BCUT2D eigenvalue weighted by Crippen LogP contribution is 2.49. The Morgan fingerprint density at radius 1 is 1.17 bits per heavy atom. The van der Waals surface area contributed by atoms with E-state index >= 15 is 0 Å². The number of aliphatic hydroxyl groups is 4. The van der Waals surface area contributed by atoms with Crippen molar-refractivity contribution >= 4 is 23.0 Å². The third kappa shape index (κ3) is 3.62. The number of thioether (sulfide) groups is 1. The molecule has 3 heterocycles. The van der Waals surface area contributed by atoms with E-state index in [1.54, 1.807) is 12.3 Å². The molecule has 0 radical (unpaired) electrons. The van der Waals surface area contributed by atoms with Crippen LogP contribution in [-0.2, 0) is 28.5 Å². The molecule has 9 atom stereocenters. The van der Waals surface area contributed by atoms with Gasteiger partial charge < -0.3 is 44.1 Å². The lowest BCUT2D eigenvalue weighted by molar-refractivity contribution is -0.339. The first-order chi connectivity index (χ1) is 14.3. The highest BCUT2D eigenvalue weighted by molar-refractivity contribution is 8.12. The van der Waals surface area contributed by atoms with E-state index in [0.717, 1.165) is 11.8 Å². The molecule has 4 aliphatic rings. The minimum atomic E-state index is -1.61. The maximum absolute atomic E-state index is 12.0. The number of esters is 1. The standard InChI is InChI=1S/C18H22O11S/c1-30-18(24)26-4-6-2-8-11-7(15(23)27-8)5-25-16(10(6)11)29-17-14(22)13(21)12(20)9(3-19)28-17/h2,5,8-14,16-17,19-22H,3-4H2,1H3. The molecule has 0 spiro atoms. The van der Waals surface area contributed by atoms with Crippen LogP contribution in [-0.4, -0.2) is 94.3 Å². The molecule has 9 unspecified atom stereocenters. The van der Waals surface area contributed by atoms with Crippen LogP contribution < -0.4 is 0 Å². The topological polar surface area (TPSA) is 161 Å². The Bertz CT molecular complexity index is 765. The van der Waals surface area contributed by atoms with Crippen LogP contribution in [0, 0.1) is 11.8 Å². The predicted molar refractivity (Wildman–Crippen MR) is 97.6 cm³/mol. The van der Waals surface area contributed by atoms with Gasteiger partial charge in [-0.05, 0) is 29.7 Å². The number of carbonyl (C=O) groups is 2. The van der Waals surface area contributed by atoms with Crippen molar-refractivity contribution < 1.29 is 53.7 Å². The highest BCUT2D eigenvalue weighted by Gasteiger charge is 2.56. The van der Waals surface area contributed by atoms with Crippen LogP contribution in [0.2, 0.25) is 0 Å². The van der Waals surface area contributed by atoms with Gasteiger partial charge in [0.2, 0.25) is 6.29 Å². The lowest BCUT2D eigenvalue weighted by atomic mass is 9.84. The normalized spacial score (nSPS) is 42.0. The molecule has 2 fully saturated rings. The maximum Gasteiger partial charge on any atom is 0.367 e. The third-order valence-corrected chi connectivity index (χ3v) is 6.10. The van der Waals surface area contributed by atoms with E-state index in [4.69, 9.17) is 23.7 Å². The van der Waals surface area contributed by atoms with Crippen LogP contribution in [0.15, 0.2) is 23.5 Å². The zero-order valence-corrected chi connectivity index (χ0v) is 16.6. The van der Waals surface area contributed by atoms with E-state index in [0.29, 0.717) is 11.1 Å². The molecule has 2 saturated heterocycles. The first-order valence-electron chi connectivity index (χ1n) is 9.29. The number of ether oxygens (including phenoxy) is 5. The monoisotopic (exact) mass is 446 g/mol. The molecule has 3 aliphatic heterocycles. The Kier molecular flexibility index (Phi) is 6.08. The summed E-state index contributed by atoms with van der Waals surface area (Å²) in [6, 6.07) is 0. The van der Waals surface area contributed by atoms with Crippen LogP contribution in [0.5, 0.6) is 0 Å². The van der Waals surface area contributed by atoms with Gasteiger partial charge in [0.25, 0.3) is 0 Å². The average molecular weight is 446 g/mol. The molecule has 4 rings (SSSR count). The van der Waals surface area contributed by atoms with Gasteiger partial charge in [0, 0.05) is 5.92 Å². The lowest BCUT2D eigenvalue weighted by Gasteiger charge is -2.42. The molecule has 4 N–H and O–H groups in total. The second-order valence-corrected chi connectivity index (χ2v) is 8.06. The summed E-state index contributed by atoms with van der Waals surface area (Å²) in [7, 11) is 0. The summed E-state index contributed by atoms with van der Waals surface area (Å²) in [5, 5.41) is 39.0. The summed E-state index contributed by atoms with van der Waals surface area (Å²) in [4.78, 5) is 23.6. The van der Waals surface area contributed by atoms with Crippen molar-refractivity contribution in [1.82, 2.24) is 0 Å². The molecule has 0 aromatic rings. The van der Waals surface area contributed by atoms with E-state index in [2.05, 4.69) is 0 Å². The summed E-state index contributed by atoms with van der Waals surface area (Å²) >= 11 is 0.910. The SMILES string of the molecule is CSC(=O)OCC1=CC2OC(=O)C3=COC(OC4OC(CO)C(O)C(O)C4O)C1C32. The van der Waals surface area contributed by atoms with Crippen molar-refractivity contribution in [2.75, 3.05) is 19.5 Å². The Morgan fingerprint density at radius 2 is 1.93 bits per heavy atom. The Labute approximate surface area is 175 Å². The van der Waals surface area contributed by atoms with Crippen LogP contribution >= 0.6 is 11.8 Å². The van der Waals surface area contributed by atoms with E-state index < -0.39 is 72.8 Å². The summed E-state index contributed by atoms with van der Waals surface area (Å²) in [5.74, 6) is -1.52. The summed E-state index contributed by atoms with van der Waals surface area (Å²) in [6.45, 7) is -0.674.